The minimum absolute atomic E-state index is 0.166. The van der Waals surface area contributed by atoms with Crippen molar-refractivity contribution in [2.45, 2.75) is 38.0 Å². The molecule has 1 fully saturated rings. The van der Waals surface area contributed by atoms with Gasteiger partial charge in [0, 0.05) is 0 Å². The van der Waals surface area contributed by atoms with Crippen LogP contribution in [-0.2, 0) is 0 Å². The van der Waals surface area contributed by atoms with Gasteiger partial charge in [-0.1, -0.05) is 43.5 Å². The standard InChI is InChI=1S/C21H24O4/c22-21(23)19-8-4-5-9-20(19)25-15-14-24-18-12-10-17(11-13-18)16-6-2-1-3-7-16/h4-5,8-13,16H,1-3,6-7,14-15H2,(H,22,23). The van der Waals surface area contributed by atoms with Crippen LogP contribution in [0.25, 0.3) is 0 Å². The second-order valence-electron chi connectivity index (χ2n) is 6.40. The Kier molecular flexibility index (Phi) is 5.94. The first-order valence-corrected chi connectivity index (χ1v) is 8.92. The van der Waals surface area contributed by atoms with Gasteiger partial charge in [0.1, 0.15) is 30.3 Å². The van der Waals surface area contributed by atoms with Crippen LogP contribution in [0.1, 0.15) is 53.9 Å². The van der Waals surface area contributed by atoms with Crippen LogP contribution in [0.2, 0.25) is 0 Å². The first kappa shape index (κ1) is 17.3. The Morgan fingerprint density at radius 3 is 2.32 bits per heavy atom. The number of carbonyl (C=O) groups is 1. The molecule has 2 aromatic carbocycles. The average Bonchev–Trinajstić information content (AvgIpc) is 2.66. The predicted octanol–water partition coefficient (Wildman–Crippen LogP) is 4.89. The van der Waals surface area contributed by atoms with Gasteiger partial charge in [0.25, 0.3) is 0 Å². The number of aromatic carboxylic acids is 1. The highest BCUT2D eigenvalue weighted by atomic mass is 16.5. The van der Waals surface area contributed by atoms with Crippen molar-refractivity contribution in [2.24, 2.45) is 0 Å². The van der Waals surface area contributed by atoms with Gasteiger partial charge < -0.3 is 14.6 Å². The smallest absolute Gasteiger partial charge is 0.339 e. The van der Waals surface area contributed by atoms with Crippen LogP contribution in [0.3, 0.4) is 0 Å². The van der Waals surface area contributed by atoms with Crippen molar-refractivity contribution in [3.05, 3.63) is 59.7 Å². The summed E-state index contributed by atoms with van der Waals surface area (Å²) in [4.78, 5) is 11.1. The Hall–Kier alpha value is -2.49. The largest absolute Gasteiger partial charge is 0.490 e. The zero-order chi connectivity index (χ0) is 17.5. The summed E-state index contributed by atoms with van der Waals surface area (Å²) < 4.78 is 11.2. The van der Waals surface area contributed by atoms with E-state index in [0.717, 1.165) is 5.75 Å². The lowest BCUT2D eigenvalue weighted by Gasteiger charge is -2.22. The van der Waals surface area contributed by atoms with E-state index in [0.29, 0.717) is 24.9 Å². The van der Waals surface area contributed by atoms with Gasteiger partial charge in [-0.05, 0) is 48.6 Å². The summed E-state index contributed by atoms with van der Waals surface area (Å²) in [5.74, 6) is 0.884. The third-order valence-corrected chi connectivity index (χ3v) is 4.68. The molecule has 0 aromatic heterocycles. The maximum atomic E-state index is 11.1. The van der Waals surface area contributed by atoms with Crippen molar-refractivity contribution < 1.29 is 19.4 Å². The van der Waals surface area contributed by atoms with Gasteiger partial charge in [-0.2, -0.15) is 0 Å². The number of ether oxygens (including phenoxy) is 2. The zero-order valence-electron chi connectivity index (χ0n) is 14.3. The molecule has 4 nitrogen and oxygen atoms in total. The van der Waals surface area contributed by atoms with Crippen molar-refractivity contribution in [3.63, 3.8) is 0 Å². The Bertz CT molecular complexity index is 687. The summed E-state index contributed by atoms with van der Waals surface area (Å²) in [6.07, 6.45) is 6.60. The van der Waals surface area contributed by atoms with Crippen LogP contribution in [0.5, 0.6) is 11.5 Å². The Morgan fingerprint density at radius 1 is 0.920 bits per heavy atom. The molecule has 1 saturated carbocycles. The molecule has 0 unspecified atom stereocenters. The molecule has 0 spiro atoms. The molecular weight excluding hydrogens is 316 g/mol. The minimum atomic E-state index is -0.991. The first-order chi connectivity index (χ1) is 12.2. The van der Waals surface area contributed by atoms with Crippen molar-refractivity contribution in [1.29, 1.82) is 0 Å². The van der Waals surface area contributed by atoms with Gasteiger partial charge in [-0.15, -0.1) is 0 Å². The quantitative estimate of drug-likeness (QED) is 0.729. The van der Waals surface area contributed by atoms with Gasteiger partial charge in [0.2, 0.25) is 0 Å². The number of benzene rings is 2. The molecule has 0 radical (unpaired) electrons. The fourth-order valence-electron chi connectivity index (χ4n) is 3.35. The van der Waals surface area contributed by atoms with Crippen LogP contribution < -0.4 is 9.47 Å². The molecular formula is C21H24O4. The van der Waals surface area contributed by atoms with E-state index in [4.69, 9.17) is 14.6 Å². The van der Waals surface area contributed by atoms with E-state index in [1.807, 2.05) is 12.1 Å². The molecule has 1 aliphatic carbocycles. The van der Waals surface area contributed by atoms with Gasteiger partial charge in [-0.25, -0.2) is 4.79 Å². The molecule has 4 heteroatoms. The van der Waals surface area contributed by atoms with Crippen molar-refractivity contribution in [3.8, 4) is 11.5 Å². The molecule has 2 aromatic rings. The molecule has 0 heterocycles. The van der Waals surface area contributed by atoms with E-state index in [1.165, 1.54) is 43.7 Å². The maximum absolute atomic E-state index is 11.1. The summed E-state index contributed by atoms with van der Waals surface area (Å²) in [5.41, 5.74) is 1.57. The van der Waals surface area contributed by atoms with E-state index in [9.17, 15) is 4.79 Å². The number of hydrogen-bond donors (Lipinski definition) is 1. The van der Waals surface area contributed by atoms with Crippen molar-refractivity contribution in [2.75, 3.05) is 13.2 Å². The van der Waals surface area contributed by atoms with Crippen LogP contribution in [0, 0.1) is 0 Å². The SMILES string of the molecule is O=C(O)c1ccccc1OCCOc1ccc(C2CCCCC2)cc1. The topological polar surface area (TPSA) is 55.8 Å². The maximum Gasteiger partial charge on any atom is 0.339 e. The van der Waals surface area contributed by atoms with E-state index < -0.39 is 5.97 Å². The number of carboxylic acid groups (broad SMARTS) is 1. The van der Waals surface area contributed by atoms with Crippen molar-refractivity contribution >= 4 is 5.97 Å². The normalized spacial score (nSPS) is 14.9. The highest BCUT2D eigenvalue weighted by molar-refractivity contribution is 5.90. The molecule has 1 aliphatic rings. The van der Waals surface area contributed by atoms with Crippen LogP contribution in [0.15, 0.2) is 48.5 Å². The summed E-state index contributed by atoms with van der Waals surface area (Å²) in [6, 6.07) is 15.0. The zero-order valence-corrected chi connectivity index (χ0v) is 14.3. The van der Waals surface area contributed by atoms with Crippen LogP contribution in [0.4, 0.5) is 0 Å². The molecule has 0 bridgehead atoms. The number of para-hydroxylation sites is 1. The van der Waals surface area contributed by atoms with Crippen molar-refractivity contribution in [1.82, 2.24) is 0 Å². The van der Waals surface area contributed by atoms with Gasteiger partial charge in [-0.3, -0.25) is 0 Å². The van der Waals surface area contributed by atoms with E-state index in [1.54, 1.807) is 18.2 Å². The van der Waals surface area contributed by atoms with E-state index in [-0.39, 0.29) is 5.56 Å². The molecule has 0 aliphatic heterocycles. The second-order valence-corrected chi connectivity index (χ2v) is 6.40. The molecule has 0 saturated heterocycles. The number of hydrogen-bond acceptors (Lipinski definition) is 3. The Labute approximate surface area is 148 Å². The lowest BCUT2D eigenvalue weighted by molar-refractivity contribution is 0.0691. The molecule has 3 rings (SSSR count). The predicted molar refractivity (Wildman–Crippen MR) is 96.7 cm³/mol. The minimum Gasteiger partial charge on any atom is -0.490 e. The summed E-state index contributed by atoms with van der Waals surface area (Å²) in [7, 11) is 0. The Morgan fingerprint density at radius 2 is 1.60 bits per heavy atom. The first-order valence-electron chi connectivity index (χ1n) is 8.92. The van der Waals surface area contributed by atoms with Gasteiger partial charge in [0.05, 0.1) is 0 Å². The lowest BCUT2D eigenvalue weighted by atomic mass is 9.84. The number of carboxylic acids is 1. The summed E-state index contributed by atoms with van der Waals surface area (Å²) in [5, 5.41) is 9.12. The molecule has 132 valence electrons. The highest BCUT2D eigenvalue weighted by Gasteiger charge is 2.15. The molecule has 25 heavy (non-hydrogen) atoms. The molecule has 1 N–H and O–H groups in total. The third kappa shape index (κ3) is 4.75. The highest BCUT2D eigenvalue weighted by Crippen LogP contribution is 2.33. The fraction of sp³-hybridized carbons (Fsp3) is 0.381. The van der Waals surface area contributed by atoms with E-state index >= 15 is 0 Å². The summed E-state index contributed by atoms with van der Waals surface area (Å²) >= 11 is 0. The lowest BCUT2D eigenvalue weighted by Crippen LogP contribution is -2.11. The van der Waals surface area contributed by atoms with Gasteiger partial charge in [0.15, 0.2) is 0 Å². The van der Waals surface area contributed by atoms with Crippen LogP contribution in [-0.4, -0.2) is 24.3 Å². The second kappa shape index (κ2) is 8.56. The molecule has 0 atom stereocenters. The molecule has 0 amide bonds. The number of rotatable bonds is 7. The van der Waals surface area contributed by atoms with E-state index in [2.05, 4.69) is 12.1 Å². The third-order valence-electron chi connectivity index (χ3n) is 4.68. The fourth-order valence-corrected chi connectivity index (χ4v) is 3.35. The van der Waals surface area contributed by atoms with Gasteiger partial charge >= 0.3 is 5.97 Å². The Balaban J connectivity index is 1.47. The average molecular weight is 340 g/mol. The van der Waals surface area contributed by atoms with Crippen LogP contribution >= 0.6 is 0 Å². The summed E-state index contributed by atoms with van der Waals surface area (Å²) in [6.45, 7) is 0.672. The monoisotopic (exact) mass is 340 g/mol.